The molecule has 1 fully saturated rings. The fourth-order valence-electron chi connectivity index (χ4n) is 2.97. The van der Waals surface area contributed by atoms with Gasteiger partial charge in [0.1, 0.15) is 0 Å². The van der Waals surface area contributed by atoms with Gasteiger partial charge in [-0.2, -0.15) is 0 Å². The Labute approximate surface area is 143 Å². The molecule has 1 heterocycles. The number of aliphatic hydroxyl groups is 2. The van der Waals surface area contributed by atoms with Crippen molar-refractivity contribution in [2.45, 2.75) is 52.0 Å². The molecule has 6 heteroatoms. The lowest BCUT2D eigenvalue weighted by molar-refractivity contribution is 0.0572. The van der Waals surface area contributed by atoms with E-state index in [1.807, 2.05) is 49.9 Å². The summed E-state index contributed by atoms with van der Waals surface area (Å²) >= 11 is 0. The fourth-order valence-corrected chi connectivity index (χ4v) is 2.97. The molecule has 0 aromatic heterocycles. The van der Waals surface area contributed by atoms with Gasteiger partial charge in [0.2, 0.25) is 0 Å². The van der Waals surface area contributed by atoms with Crippen LogP contribution in [0.2, 0.25) is 0 Å². The van der Waals surface area contributed by atoms with E-state index in [2.05, 4.69) is 5.32 Å². The van der Waals surface area contributed by atoms with E-state index in [1.54, 1.807) is 0 Å². The van der Waals surface area contributed by atoms with Crippen molar-refractivity contribution in [2.75, 3.05) is 13.1 Å². The van der Waals surface area contributed by atoms with E-state index in [4.69, 9.17) is 5.11 Å². The van der Waals surface area contributed by atoms with Crippen LogP contribution < -0.4 is 5.32 Å². The Kier molecular flexibility index (Phi) is 5.85. The number of β-amino-alcohol motifs (C(OH)–C–C–N with tert-alkyl or cyclic N) is 2. The summed E-state index contributed by atoms with van der Waals surface area (Å²) in [6.45, 7) is 7.71. The van der Waals surface area contributed by atoms with Gasteiger partial charge in [0.25, 0.3) is 0 Å². The lowest BCUT2D eigenvalue weighted by atomic mass is 9.83. The predicted molar refractivity (Wildman–Crippen MR) is 91.8 cm³/mol. The summed E-state index contributed by atoms with van der Waals surface area (Å²) in [6.07, 6.45) is -1.70. The number of hydrogen-bond acceptors (Lipinski definition) is 4. The molecule has 0 spiro atoms. The van der Waals surface area contributed by atoms with Crippen LogP contribution in [-0.4, -0.2) is 57.7 Å². The van der Waals surface area contributed by atoms with Crippen molar-refractivity contribution < 1.29 is 20.1 Å². The third-order valence-electron chi connectivity index (χ3n) is 4.55. The minimum Gasteiger partial charge on any atom is -0.465 e. The van der Waals surface area contributed by atoms with Crippen LogP contribution in [0.4, 0.5) is 4.79 Å². The Morgan fingerprint density at radius 3 is 2.12 bits per heavy atom. The van der Waals surface area contributed by atoms with E-state index < -0.39 is 18.3 Å². The molecule has 1 aromatic carbocycles. The summed E-state index contributed by atoms with van der Waals surface area (Å²) < 4.78 is 0. The second kappa shape index (κ2) is 7.51. The van der Waals surface area contributed by atoms with Crippen LogP contribution in [0.25, 0.3) is 0 Å². The number of benzene rings is 1. The van der Waals surface area contributed by atoms with Crippen LogP contribution in [0.1, 0.15) is 31.9 Å². The summed E-state index contributed by atoms with van der Waals surface area (Å²) in [5.41, 5.74) is 2.02. The van der Waals surface area contributed by atoms with E-state index in [-0.39, 0.29) is 11.5 Å². The highest BCUT2D eigenvalue weighted by Gasteiger charge is 2.29. The number of likely N-dealkylation sites (tertiary alicyclic amines) is 1. The van der Waals surface area contributed by atoms with Gasteiger partial charge in [-0.15, -0.1) is 0 Å². The number of nitrogens with one attached hydrogen (secondary N) is 1. The van der Waals surface area contributed by atoms with Gasteiger partial charge in [0, 0.05) is 25.7 Å². The normalized spacial score (nSPS) is 23.2. The van der Waals surface area contributed by atoms with Gasteiger partial charge < -0.3 is 20.6 Å². The standard InChI is InChI=1S/C18H28N2O4/c1-18(2,3)16(19-17(23)24)8-12-4-6-13(7-5-12)9-20-10-14(21)15(22)11-20/h4-7,14-16,19,21-22H,8-11H2,1-3H3,(H,23,24). The van der Waals surface area contributed by atoms with E-state index in [0.717, 1.165) is 11.1 Å². The Morgan fingerprint density at radius 1 is 1.17 bits per heavy atom. The van der Waals surface area contributed by atoms with Crippen molar-refractivity contribution in [1.82, 2.24) is 10.2 Å². The average molecular weight is 336 g/mol. The average Bonchev–Trinajstić information content (AvgIpc) is 2.77. The molecule has 0 radical (unpaired) electrons. The molecule has 1 aliphatic heterocycles. The Morgan fingerprint density at radius 2 is 1.67 bits per heavy atom. The molecule has 0 bridgehead atoms. The fraction of sp³-hybridized carbons (Fsp3) is 0.611. The van der Waals surface area contributed by atoms with Gasteiger partial charge in [0.15, 0.2) is 0 Å². The van der Waals surface area contributed by atoms with Gasteiger partial charge in [-0.25, -0.2) is 4.79 Å². The molecule has 6 nitrogen and oxygen atoms in total. The highest BCUT2D eigenvalue weighted by atomic mass is 16.4. The quantitative estimate of drug-likeness (QED) is 0.653. The first-order chi connectivity index (χ1) is 11.1. The first-order valence-electron chi connectivity index (χ1n) is 8.31. The maximum atomic E-state index is 11.0. The van der Waals surface area contributed by atoms with Gasteiger partial charge in [-0.3, -0.25) is 4.90 Å². The molecule has 24 heavy (non-hydrogen) atoms. The Balaban J connectivity index is 1.97. The first-order valence-corrected chi connectivity index (χ1v) is 8.31. The second-order valence-corrected chi connectivity index (χ2v) is 7.72. The zero-order valence-electron chi connectivity index (χ0n) is 14.6. The largest absolute Gasteiger partial charge is 0.465 e. The molecule has 4 N–H and O–H groups in total. The third kappa shape index (κ3) is 5.19. The van der Waals surface area contributed by atoms with Crippen LogP contribution in [0, 0.1) is 5.41 Å². The number of hydrogen-bond donors (Lipinski definition) is 4. The van der Waals surface area contributed by atoms with E-state index in [0.29, 0.717) is 26.1 Å². The summed E-state index contributed by atoms with van der Waals surface area (Å²) in [5, 5.41) is 30.8. The molecule has 134 valence electrons. The minimum atomic E-state index is -1.00. The predicted octanol–water partition coefficient (Wildman–Crippen LogP) is 1.45. The van der Waals surface area contributed by atoms with Crippen molar-refractivity contribution in [1.29, 1.82) is 0 Å². The number of nitrogens with zero attached hydrogens (tertiary/aromatic N) is 1. The maximum absolute atomic E-state index is 11.0. The lowest BCUT2D eigenvalue weighted by Crippen LogP contribution is -2.44. The summed E-state index contributed by atoms with van der Waals surface area (Å²) in [6, 6.07) is 7.91. The first kappa shape index (κ1) is 18.7. The zero-order chi connectivity index (χ0) is 17.9. The van der Waals surface area contributed by atoms with Crippen molar-refractivity contribution >= 4 is 6.09 Å². The molecule has 0 saturated carbocycles. The van der Waals surface area contributed by atoms with Crippen LogP contribution in [-0.2, 0) is 13.0 Å². The van der Waals surface area contributed by atoms with Crippen LogP contribution in [0.5, 0.6) is 0 Å². The van der Waals surface area contributed by atoms with Crippen molar-refractivity contribution in [3.63, 3.8) is 0 Å². The molecule has 0 aliphatic carbocycles. The number of rotatable bonds is 5. The number of aliphatic hydroxyl groups excluding tert-OH is 2. The molecule has 1 aliphatic rings. The van der Waals surface area contributed by atoms with Crippen LogP contribution in [0.15, 0.2) is 24.3 Å². The highest BCUT2D eigenvalue weighted by Crippen LogP contribution is 2.23. The molecular weight excluding hydrogens is 308 g/mol. The summed E-state index contributed by atoms with van der Waals surface area (Å²) in [4.78, 5) is 13.0. The third-order valence-corrected chi connectivity index (χ3v) is 4.55. The van der Waals surface area contributed by atoms with E-state index in [1.165, 1.54) is 0 Å². The molecule has 1 aromatic rings. The lowest BCUT2D eigenvalue weighted by Gasteiger charge is -2.30. The van der Waals surface area contributed by atoms with Crippen LogP contribution in [0.3, 0.4) is 0 Å². The second-order valence-electron chi connectivity index (χ2n) is 7.72. The molecule has 2 rings (SSSR count). The van der Waals surface area contributed by atoms with Crippen LogP contribution >= 0.6 is 0 Å². The van der Waals surface area contributed by atoms with Gasteiger partial charge >= 0.3 is 6.09 Å². The highest BCUT2D eigenvalue weighted by molar-refractivity contribution is 5.65. The van der Waals surface area contributed by atoms with E-state index in [9.17, 15) is 15.0 Å². The Bertz CT molecular complexity index is 543. The molecule has 3 unspecified atom stereocenters. The zero-order valence-corrected chi connectivity index (χ0v) is 14.6. The van der Waals surface area contributed by atoms with Crippen molar-refractivity contribution in [3.8, 4) is 0 Å². The SMILES string of the molecule is CC(C)(C)C(Cc1ccc(CN2CC(O)C(O)C2)cc1)NC(=O)O. The monoisotopic (exact) mass is 336 g/mol. The van der Waals surface area contributed by atoms with Gasteiger partial charge in [-0.1, -0.05) is 45.0 Å². The molecule has 3 atom stereocenters. The number of amides is 1. The van der Waals surface area contributed by atoms with Crippen molar-refractivity contribution in [2.24, 2.45) is 5.41 Å². The van der Waals surface area contributed by atoms with Crippen molar-refractivity contribution in [3.05, 3.63) is 35.4 Å². The maximum Gasteiger partial charge on any atom is 0.404 e. The molecule has 1 saturated heterocycles. The number of carbonyl (C=O) groups is 1. The topological polar surface area (TPSA) is 93.0 Å². The van der Waals surface area contributed by atoms with Gasteiger partial charge in [0.05, 0.1) is 12.2 Å². The smallest absolute Gasteiger partial charge is 0.404 e. The minimum absolute atomic E-state index is 0.162. The summed E-state index contributed by atoms with van der Waals surface area (Å²) in [7, 11) is 0. The Hall–Kier alpha value is -1.63. The van der Waals surface area contributed by atoms with Gasteiger partial charge in [-0.05, 0) is 23.0 Å². The molecule has 1 amide bonds. The summed E-state index contributed by atoms with van der Waals surface area (Å²) in [5.74, 6) is 0. The van der Waals surface area contributed by atoms with E-state index >= 15 is 0 Å². The number of carboxylic acid groups (broad SMARTS) is 1. The molecular formula is C18H28N2O4.